The Bertz CT molecular complexity index is 420. The van der Waals surface area contributed by atoms with Gasteiger partial charge in [-0.3, -0.25) is 4.90 Å². The zero-order chi connectivity index (χ0) is 14.3. The number of benzene rings is 1. The predicted molar refractivity (Wildman–Crippen MR) is 82.3 cm³/mol. The standard InChI is InChI=1S/C17H28N2/c1-13(16(2,3)4)19(5)17(12-18)10-14-8-6-7-9-15(14)11-17/h6-9,13H,10-12,18H2,1-5H3. The molecule has 106 valence electrons. The third kappa shape index (κ3) is 2.56. The van der Waals surface area contributed by atoms with E-state index in [1.54, 1.807) is 0 Å². The van der Waals surface area contributed by atoms with Gasteiger partial charge < -0.3 is 5.73 Å². The lowest BCUT2D eigenvalue weighted by molar-refractivity contribution is 0.0373. The highest BCUT2D eigenvalue weighted by molar-refractivity contribution is 5.36. The molecule has 1 atom stereocenters. The third-order valence-corrected chi connectivity index (χ3v) is 5.12. The number of likely N-dealkylation sites (N-methyl/N-ethyl adjacent to an activating group) is 1. The largest absolute Gasteiger partial charge is 0.329 e. The van der Waals surface area contributed by atoms with Gasteiger partial charge in [0.25, 0.3) is 0 Å². The van der Waals surface area contributed by atoms with Gasteiger partial charge >= 0.3 is 0 Å². The van der Waals surface area contributed by atoms with E-state index in [-0.39, 0.29) is 11.0 Å². The molecule has 0 saturated heterocycles. The first kappa shape index (κ1) is 14.5. The zero-order valence-electron chi connectivity index (χ0n) is 13.0. The molecule has 1 unspecified atom stereocenters. The Morgan fingerprint density at radius 2 is 1.68 bits per heavy atom. The Morgan fingerprint density at radius 1 is 1.21 bits per heavy atom. The molecular formula is C17H28N2. The second kappa shape index (κ2) is 4.92. The van der Waals surface area contributed by atoms with Crippen molar-refractivity contribution in [3.8, 4) is 0 Å². The van der Waals surface area contributed by atoms with Crippen molar-refractivity contribution in [2.75, 3.05) is 13.6 Å². The summed E-state index contributed by atoms with van der Waals surface area (Å²) < 4.78 is 0. The maximum absolute atomic E-state index is 6.19. The smallest absolute Gasteiger partial charge is 0.0412 e. The van der Waals surface area contributed by atoms with Crippen molar-refractivity contribution in [2.24, 2.45) is 11.1 Å². The number of hydrogen-bond donors (Lipinski definition) is 1. The number of hydrogen-bond acceptors (Lipinski definition) is 2. The molecule has 1 aromatic carbocycles. The lowest BCUT2D eigenvalue weighted by atomic mass is 9.82. The van der Waals surface area contributed by atoms with Crippen LogP contribution in [0.2, 0.25) is 0 Å². The van der Waals surface area contributed by atoms with Gasteiger partial charge in [-0.15, -0.1) is 0 Å². The van der Waals surface area contributed by atoms with Crippen molar-refractivity contribution in [3.63, 3.8) is 0 Å². The summed E-state index contributed by atoms with van der Waals surface area (Å²) in [5.41, 5.74) is 9.50. The van der Waals surface area contributed by atoms with Crippen LogP contribution >= 0.6 is 0 Å². The van der Waals surface area contributed by atoms with E-state index in [2.05, 4.69) is 63.9 Å². The van der Waals surface area contributed by atoms with Crippen LogP contribution in [0.3, 0.4) is 0 Å². The van der Waals surface area contributed by atoms with Gasteiger partial charge in [0.15, 0.2) is 0 Å². The summed E-state index contributed by atoms with van der Waals surface area (Å²) in [4.78, 5) is 2.52. The molecule has 0 fully saturated rings. The molecule has 2 N–H and O–H groups in total. The summed E-state index contributed by atoms with van der Waals surface area (Å²) >= 11 is 0. The molecule has 2 rings (SSSR count). The maximum Gasteiger partial charge on any atom is 0.0412 e. The summed E-state index contributed by atoms with van der Waals surface area (Å²) in [6.07, 6.45) is 2.16. The Labute approximate surface area is 118 Å². The average Bonchev–Trinajstić information content (AvgIpc) is 2.75. The highest BCUT2D eigenvalue weighted by Gasteiger charge is 2.43. The van der Waals surface area contributed by atoms with Gasteiger partial charge in [0, 0.05) is 18.1 Å². The van der Waals surface area contributed by atoms with Crippen LogP contribution in [0.4, 0.5) is 0 Å². The van der Waals surface area contributed by atoms with E-state index in [0.717, 1.165) is 19.4 Å². The van der Waals surface area contributed by atoms with Crippen LogP contribution in [0.1, 0.15) is 38.8 Å². The molecule has 2 nitrogen and oxygen atoms in total. The highest BCUT2D eigenvalue weighted by atomic mass is 15.2. The quantitative estimate of drug-likeness (QED) is 0.905. The molecule has 0 radical (unpaired) electrons. The average molecular weight is 260 g/mol. The number of fused-ring (bicyclic) bond motifs is 1. The Kier molecular flexibility index (Phi) is 3.76. The van der Waals surface area contributed by atoms with Crippen molar-refractivity contribution in [2.45, 2.75) is 52.1 Å². The van der Waals surface area contributed by atoms with Crippen molar-refractivity contribution >= 4 is 0 Å². The lowest BCUT2D eigenvalue weighted by Crippen LogP contribution is -2.58. The minimum atomic E-state index is 0.0936. The fourth-order valence-corrected chi connectivity index (χ4v) is 3.20. The van der Waals surface area contributed by atoms with E-state index in [4.69, 9.17) is 5.73 Å². The van der Waals surface area contributed by atoms with Crippen LogP contribution in [0.25, 0.3) is 0 Å². The summed E-state index contributed by atoms with van der Waals surface area (Å²) in [6.45, 7) is 9.96. The van der Waals surface area contributed by atoms with Crippen molar-refractivity contribution in [1.82, 2.24) is 4.90 Å². The van der Waals surface area contributed by atoms with Crippen LogP contribution in [0.15, 0.2) is 24.3 Å². The molecule has 0 heterocycles. The topological polar surface area (TPSA) is 29.3 Å². The van der Waals surface area contributed by atoms with Gasteiger partial charge in [-0.25, -0.2) is 0 Å². The molecule has 1 aliphatic rings. The minimum absolute atomic E-state index is 0.0936. The lowest BCUT2D eigenvalue weighted by Gasteiger charge is -2.46. The Hall–Kier alpha value is -0.860. The second-order valence-corrected chi connectivity index (χ2v) is 7.20. The number of nitrogens with two attached hydrogens (primary N) is 1. The Morgan fingerprint density at radius 3 is 2.05 bits per heavy atom. The van der Waals surface area contributed by atoms with E-state index >= 15 is 0 Å². The van der Waals surface area contributed by atoms with E-state index in [1.807, 2.05) is 0 Å². The normalized spacial score (nSPS) is 19.5. The van der Waals surface area contributed by atoms with Crippen LogP contribution < -0.4 is 5.73 Å². The van der Waals surface area contributed by atoms with Gasteiger partial charge in [0.1, 0.15) is 0 Å². The second-order valence-electron chi connectivity index (χ2n) is 7.20. The molecular weight excluding hydrogens is 232 g/mol. The first-order valence-corrected chi connectivity index (χ1v) is 7.30. The molecule has 0 aliphatic heterocycles. The fourth-order valence-electron chi connectivity index (χ4n) is 3.20. The zero-order valence-corrected chi connectivity index (χ0v) is 13.0. The van der Waals surface area contributed by atoms with Crippen molar-refractivity contribution < 1.29 is 0 Å². The summed E-state index contributed by atoms with van der Waals surface area (Å²) in [5, 5.41) is 0. The van der Waals surface area contributed by atoms with Crippen molar-refractivity contribution in [3.05, 3.63) is 35.4 Å². The molecule has 0 aromatic heterocycles. The first-order valence-electron chi connectivity index (χ1n) is 7.30. The molecule has 0 saturated carbocycles. The van der Waals surface area contributed by atoms with Gasteiger partial charge in [-0.2, -0.15) is 0 Å². The predicted octanol–water partition coefficient (Wildman–Crippen LogP) is 2.85. The molecule has 0 bridgehead atoms. The minimum Gasteiger partial charge on any atom is -0.329 e. The number of rotatable bonds is 3. The molecule has 0 amide bonds. The summed E-state index contributed by atoms with van der Waals surface area (Å²) in [5.74, 6) is 0. The van der Waals surface area contributed by atoms with E-state index in [9.17, 15) is 0 Å². The van der Waals surface area contributed by atoms with Crippen LogP contribution in [0, 0.1) is 5.41 Å². The highest BCUT2D eigenvalue weighted by Crippen LogP contribution is 2.37. The van der Waals surface area contributed by atoms with Crippen molar-refractivity contribution in [1.29, 1.82) is 0 Å². The summed E-state index contributed by atoms with van der Waals surface area (Å²) in [6, 6.07) is 9.28. The molecule has 1 aliphatic carbocycles. The molecule has 19 heavy (non-hydrogen) atoms. The van der Waals surface area contributed by atoms with E-state index in [0.29, 0.717) is 6.04 Å². The SMILES string of the molecule is CC(N(C)C1(CN)Cc2ccccc2C1)C(C)(C)C. The first-order chi connectivity index (χ1) is 8.80. The van der Waals surface area contributed by atoms with Crippen LogP contribution in [-0.4, -0.2) is 30.1 Å². The summed E-state index contributed by atoms with van der Waals surface area (Å²) in [7, 11) is 2.24. The Balaban J connectivity index is 2.27. The van der Waals surface area contributed by atoms with Gasteiger partial charge in [0.2, 0.25) is 0 Å². The van der Waals surface area contributed by atoms with Gasteiger partial charge in [-0.05, 0) is 43.4 Å². The molecule has 1 aromatic rings. The monoisotopic (exact) mass is 260 g/mol. The third-order valence-electron chi connectivity index (χ3n) is 5.12. The van der Waals surface area contributed by atoms with Gasteiger partial charge in [0.05, 0.1) is 0 Å². The molecule has 0 spiro atoms. The molecule has 2 heteroatoms. The fraction of sp³-hybridized carbons (Fsp3) is 0.647. The van der Waals surface area contributed by atoms with Crippen LogP contribution in [0.5, 0.6) is 0 Å². The maximum atomic E-state index is 6.19. The van der Waals surface area contributed by atoms with Gasteiger partial charge in [-0.1, -0.05) is 45.0 Å². The van der Waals surface area contributed by atoms with E-state index in [1.165, 1.54) is 11.1 Å². The van der Waals surface area contributed by atoms with Crippen LogP contribution in [-0.2, 0) is 12.8 Å². The van der Waals surface area contributed by atoms with E-state index < -0.39 is 0 Å². The number of nitrogens with zero attached hydrogens (tertiary/aromatic N) is 1.